The Bertz CT molecular complexity index is 1320. The van der Waals surface area contributed by atoms with Crippen molar-refractivity contribution in [2.24, 2.45) is 11.8 Å². The highest BCUT2D eigenvalue weighted by Crippen LogP contribution is 2.43. The first-order valence-electron chi connectivity index (χ1n) is 16.3. The first-order valence-corrected chi connectivity index (χ1v) is 19.3. The van der Waals surface area contributed by atoms with E-state index >= 15 is 0 Å². The maximum absolute atomic E-state index is 7.31. The molecule has 0 radical (unpaired) electrons. The fourth-order valence-corrected chi connectivity index (χ4v) is 7.82. The molecule has 1 aliphatic heterocycles. The quantitative estimate of drug-likeness (QED) is 0.126. The molecule has 4 aromatic rings. The van der Waals surface area contributed by atoms with E-state index in [1.54, 1.807) is 0 Å². The third-order valence-electron chi connectivity index (χ3n) is 10.0. The molecule has 1 saturated heterocycles. The van der Waals surface area contributed by atoms with Gasteiger partial charge >= 0.3 is 0 Å². The summed E-state index contributed by atoms with van der Waals surface area (Å²) in [6, 6.07) is 43.1. The highest BCUT2D eigenvalue weighted by Gasteiger charge is 2.44. The van der Waals surface area contributed by atoms with Gasteiger partial charge in [0.05, 0.1) is 12.7 Å². The molecule has 0 aromatic heterocycles. The van der Waals surface area contributed by atoms with Crippen LogP contribution in [0.15, 0.2) is 121 Å². The van der Waals surface area contributed by atoms with Crippen molar-refractivity contribution in [2.75, 3.05) is 19.7 Å². The monoisotopic (exact) mass is 605 g/mol. The van der Waals surface area contributed by atoms with Gasteiger partial charge in [-0.05, 0) is 65.2 Å². The van der Waals surface area contributed by atoms with Crippen LogP contribution in [0.4, 0.5) is 0 Å². The Balaban J connectivity index is 1.44. The van der Waals surface area contributed by atoms with E-state index in [2.05, 4.69) is 167 Å². The smallest absolute Gasteiger partial charge is 0.192 e. The fourth-order valence-electron chi connectivity index (χ4n) is 6.46. The summed E-state index contributed by atoms with van der Waals surface area (Å²) in [4.78, 5) is 2.60. The lowest BCUT2D eigenvalue weighted by atomic mass is 9.79. The zero-order valence-electron chi connectivity index (χ0n) is 27.6. The van der Waals surface area contributed by atoms with E-state index in [0.717, 1.165) is 42.7 Å². The van der Waals surface area contributed by atoms with Crippen molar-refractivity contribution in [1.82, 2.24) is 4.90 Å². The molecule has 1 fully saturated rings. The Morgan fingerprint density at radius 3 is 1.64 bits per heavy atom. The van der Waals surface area contributed by atoms with Crippen molar-refractivity contribution < 1.29 is 9.16 Å². The van der Waals surface area contributed by atoms with Crippen LogP contribution in [0.25, 0.3) is 0 Å². The summed E-state index contributed by atoms with van der Waals surface area (Å²) in [7, 11) is -1.99. The van der Waals surface area contributed by atoms with Gasteiger partial charge in [-0.15, -0.1) is 0 Å². The van der Waals surface area contributed by atoms with Crippen LogP contribution in [-0.4, -0.2) is 39.0 Å². The first-order chi connectivity index (χ1) is 21.1. The van der Waals surface area contributed by atoms with Crippen molar-refractivity contribution >= 4 is 8.32 Å². The van der Waals surface area contributed by atoms with Crippen LogP contribution in [0.1, 0.15) is 56.4 Å². The van der Waals surface area contributed by atoms with E-state index in [4.69, 9.17) is 9.16 Å². The number of nitrogens with zero attached hydrogens (tertiary/aromatic N) is 1. The Morgan fingerprint density at radius 1 is 0.727 bits per heavy atom. The Labute approximate surface area is 267 Å². The highest BCUT2D eigenvalue weighted by molar-refractivity contribution is 6.74. The van der Waals surface area contributed by atoms with Crippen LogP contribution in [0, 0.1) is 11.8 Å². The number of rotatable bonds is 11. The summed E-state index contributed by atoms with van der Waals surface area (Å²) in [6.45, 7) is 17.8. The standard InChI is InChI=1S/C40H51NO2Si/c1-32(37-27-28-41(29-33-19-11-7-12-20-33)30-38(37)43-44(5,6)39(2,3)4)31-42-40(34-21-13-8-14-22-34,35-23-15-9-16-24-35)36-25-17-10-18-26-36/h7-26,32,37-38H,27-31H2,1-6H3. The van der Waals surface area contributed by atoms with Gasteiger partial charge in [-0.2, -0.15) is 0 Å². The third-order valence-corrected chi connectivity index (χ3v) is 14.5. The average Bonchev–Trinajstić information content (AvgIpc) is 3.03. The van der Waals surface area contributed by atoms with E-state index < -0.39 is 13.9 Å². The van der Waals surface area contributed by atoms with Gasteiger partial charge in [0.15, 0.2) is 8.32 Å². The van der Waals surface area contributed by atoms with Crippen LogP contribution in [0.3, 0.4) is 0 Å². The van der Waals surface area contributed by atoms with E-state index in [0.29, 0.717) is 18.4 Å². The summed E-state index contributed by atoms with van der Waals surface area (Å²) in [5.74, 6) is 0.732. The van der Waals surface area contributed by atoms with Crippen molar-refractivity contribution in [1.29, 1.82) is 0 Å². The molecule has 5 rings (SSSR count). The first kappa shape index (κ1) is 32.4. The zero-order valence-corrected chi connectivity index (χ0v) is 28.6. The molecule has 3 unspecified atom stereocenters. The minimum atomic E-state index is -1.99. The Morgan fingerprint density at radius 2 is 1.18 bits per heavy atom. The molecule has 0 bridgehead atoms. The SMILES string of the molecule is CC(COC(c1ccccc1)(c1ccccc1)c1ccccc1)C1CCN(Cc2ccccc2)CC1O[Si](C)(C)C(C)(C)C. The maximum Gasteiger partial charge on any atom is 0.192 e. The molecule has 0 spiro atoms. The fraction of sp³-hybridized carbons (Fsp3) is 0.400. The summed E-state index contributed by atoms with van der Waals surface area (Å²) < 4.78 is 14.6. The van der Waals surface area contributed by atoms with Gasteiger partial charge in [0.1, 0.15) is 5.60 Å². The second-order valence-electron chi connectivity index (χ2n) is 14.2. The predicted molar refractivity (Wildman–Crippen MR) is 186 cm³/mol. The molecular formula is C40H51NO2Si. The van der Waals surface area contributed by atoms with E-state index in [1.165, 1.54) is 5.56 Å². The molecule has 1 aliphatic rings. The van der Waals surface area contributed by atoms with Gasteiger partial charge in [-0.1, -0.05) is 149 Å². The lowest BCUT2D eigenvalue weighted by molar-refractivity contribution is -0.0512. The van der Waals surface area contributed by atoms with Gasteiger partial charge in [-0.25, -0.2) is 0 Å². The van der Waals surface area contributed by atoms with E-state index in [-0.39, 0.29) is 11.1 Å². The number of benzene rings is 4. The second-order valence-corrected chi connectivity index (χ2v) is 18.9. The van der Waals surface area contributed by atoms with Crippen molar-refractivity contribution in [3.63, 3.8) is 0 Å². The number of likely N-dealkylation sites (tertiary alicyclic amines) is 1. The largest absolute Gasteiger partial charge is 0.412 e. The summed E-state index contributed by atoms with van der Waals surface area (Å²) >= 11 is 0. The molecule has 3 atom stereocenters. The maximum atomic E-state index is 7.31. The van der Waals surface area contributed by atoms with E-state index in [9.17, 15) is 0 Å². The predicted octanol–water partition coefficient (Wildman–Crippen LogP) is 9.54. The molecule has 0 N–H and O–H groups in total. The van der Waals surface area contributed by atoms with Crippen LogP contribution < -0.4 is 0 Å². The van der Waals surface area contributed by atoms with Gasteiger partial charge in [0.25, 0.3) is 0 Å². The Kier molecular flexibility index (Phi) is 10.3. The summed E-state index contributed by atoms with van der Waals surface area (Å²) in [6.07, 6.45) is 1.28. The lowest BCUT2D eigenvalue weighted by Gasteiger charge is -2.47. The average molecular weight is 606 g/mol. The number of hydrogen-bond donors (Lipinski definition) is 0. The second kappa shape index (κ2) is 14.0. The van der Waals surface area contributed by atoms with E-state index in [1.807, 2.05) is 0 Å². The van der Waals surface area contributed by atoms with Crippen molar-refractivity contribution in [3.8, 4) is 0 Å². The summed E-state index contributed by atoms with van der Waals surface area (Å²) in [5.41, 5.74) is 4.11. The van der Waals surface area contributed by atoms with Crippen LogP contribution in [-0.2, 0) is 21.3 Å². The molecule has 232 valence electrons. The van der Waals surface area contributed by atoms with Crippen molar-refractivity contribution in [2.45, 2.75) is 70.5 Å². The lowest BCUT2D eigenvalue weighted by Crippen LogP contribution is -2.54. The number of hydrogen-bond acceptors (Lipinski definition) is 3. The topological polar surface area (TPSA) is 21.7 Å². The van der Waals surface area contributed by atoms with Gasteiger partial charge < -0.3 is 9.16 Å². The molecular weight excluding hydrogens is 555 g/mol. The molecule has 1 heterocycles. The van der Waals surface area contributed by atoms with Crippen LogP contribution in [0.2, 0.25) is 18.1 Å². The number of ether oxygens (including phenoxy) is 1. The minimum absolute atomic E-state index is 0.155. The molecule has 44 heavy (non-hydrogen) atoms. The zero-order chi connectivity index (χ0) is 31.2. The van der Waals surface area contributed by atoms with Gasteiger partial charge in [0.2, 0.25) is 0 Å². The van der Waals surface area contributed by atoms with Crippen LogP contribution >= 0.6 is 0 Å². The van der Waals surface area contributed by atoms with Gasteiger partial charge in [0, 0.05) is 13.1 Å². The summed E-state index contributed by atoms with van der Waals surface area (Å²) in [5, 5.41) is 0.155. The molecule has 4 heteroatoms. The van der Waals surface area contributed by atoms with Crippen molar-refractivity contribution in [3.05, 3.63) is 144 Å². The van der Waals surface area contributed by atoms with Crippen LogP contribution in [0.5, 0.6) is 0 Å². The molecule has 0 amide bonds. The van der Waals surface area contributed by atoms with Gasteiger partial charge in [-0.3, -0.25) is 4.90 Å². The normalized spacial score (nSPS) is 19.0. The molecule has 3 nitrogen and oxygen atoms in total. The molecule has 0 saturated carbocycles. The molecule has 0 aliphatic carbocycles. The third kappa shape index (κ3) is 7.26. The molecule has 4 aromatic carbocycles. The highest BCUT2D eigenvalue weighted by atomic mass is 28.4. The Hall–Kier alpha value is -3.02. The number of piperidine rings is 1. The minimum Gasteiger partial charge on any atom is -0.412 e.